The largest absolute Gasteiger partial charge is 0.394 e. The van der Waals surface area contributed by atoms with Gasteiger partial charge in [-0.1, -0.05) is 115 Å². The molecule has 5 rings (SSSR count). The first-order chi connectivity index (χ1) is 19.8. The standard InChI is InChI=1S/C34H36O6/c35-20-30(25-36-21-26-12-4-1-5-13-26)40-34-33(38-23-28-16-8-3-9-17-28)32(37-22-27-14-6-2-7-15-27)31-19-11-10-18-29(31)24-39-34/h1-19,30,32-35H,20-25H2. The molecule has 4 aromatic rings. The van der Waals surface area contributed by atoms with Gasteiger partial charge in [-0.25, -0.2) is 0 Å². The molecule has 40 heavy (non-hydrogen) atoms. The van der Waals surface area contributed by atoms with Crippen LogP contribution in [-0.4, -0.2) is 36.8 Å². The first kappa shape index (κ1) is 28.2. The third kappa shape index (κ3) is 7.86. The summed E-state index contributed by atoms with van der Waals surface area (Å²) in [5.74, 6) is 0. The summed E-state index contributed by atoms with van der Waals surface area (Å²) < 4.78 is 31.7. The molecule has 1 N–H and O–H groups in total. The molecule has 6 heteroatoms. The van der Waals surface area contributed by atoms with Gasteiger partial charge in [0.25, 0.3) is 0 Å². The molecule has 4 atom stereocenters. The minimum atomic E-state index is -0.797. The molecule has 4 unspecified atom stereocenters. The average molecular weight is 541 g/mol. The maximum absolute atomic E-state index is 10.2. The lowest BCUT2D eigenvalue weighted by atomic mass is 9.99. The summed E-state index contributed by atoms with van der Waals surface area (Å²) >= 11 is 0. The second-order valence-corrected chi connectivity index (χ2v) is 9.80. The Hall–Kier alpha value is -3.36. The van der Waals surface area contributed by atoms with Crippen LogP contribution in [-0.2, 0) is 50.1 Å². The van der Waals surface area contributed by atoms with Crippen molar-refractivity contribution in [1.29, 1.82) is 0 Å². The lowest BCUT2D eigenvalue weighted by molar-refractivity contribution is -0.264. The Kier molecular flexibility index (Phi) is 10.5. The van der Waals surface area contributed by atoms with Gasteiger partial charge < -0.3 is 28.8 Å². The van der Waals surface area contributed by atoms with E-state index in [9.17, 15) is 5.11 Å². The van der Waals surface area contributed by atoms with Gasteiger partial charge in [-0.3, -0.25) is 0 Å². The van der Waals surface area contributed by atoms with Crippen molar-refractivity contribution in [2.75, 3.05) is 13.2 Å². The van der Waals surface area contributed by atoms with E-state index in [0.717, 1.165) is 27.8 Å². The first-order valence-electron chi connectivity index (χ1n) is 13.7. The molecule has 1 heterocycles. The molecule has 208 valence electrons. The molecule has 0 aliphatic carbocycles. The highest BCUT2D eigenvalue weighted by Gasteiger charge is 2.39. The van der Waals surface area contributed by atoms with Crippen molar-refractivity contribution >= 4 is 0 Å². The van der Waals surface area contributed by atoms with Crippen LogP contribution in [0.2, 0.25) is 0 Å². The van der Waals surface area contributed by atoms with Gasteiger partial charge in [0, 0.05) is 0 Å². The number of hydrogen-bond acceptors (Lipinski definition) is 6. The molecule has 1 aliphatic heterocycles. The van der Waals surface area contributed by atoms with Crippen molar-refractivity contribution in [3.8, 4) is 0 Å². The lowest BCUT2D eigenvalue weighted by Crippen LogP contribution is -2.42. The molecule has 0 saturated heterocycles. The summed E-state index contributed by atoms with van der Waals surface area (Å²) in [5, 5.41) is 10.2. The highest BCUT2D eigenvalue weighted by atomic mass is 16.7. The number of fused-ring (bicyclic) bond motifs is 1. The zero-order valence-electron chi connectivity index (χ0n) is 22.5. The van der Waals surface area contributed by atoms with Gasteiger partial charge in [-0.15, -0.1) is 0 Å². The minimum absolute atomic E-state index is 0.207. The summed E-state index contributed by atoms with van der Waals surface area (Å²) in [7, 11) is 0. The van der Waals surface area contributed by atoms with E-state index in [-0.39, 0.29) is 13.2 Å². The van der Waals surface area contributed by atoms with Crippen LogP contribution in [0.25, 0.3) is 0 Å². The van der Waals surface area contributed by atoms with E-state index in [2.05, 4.69) is 6.07 Å². The van der Waals surface area contributed by atoms with Gasteiger partial charge in [0.15, 0.2) is 6.29 Å². The Morgan fingerprint density at radius 1 is 0.675 bits per heavy atom. The van der Waals surface area contributed by atoms with Gasteiger partial charge >= 0.3 is 0 Å². The molecule has 4 aromatic carbocycles. The fourth-order valence-electron chi connectivity index (χ4n) is 4.73. The highest BCUT2D eigenvalue weighted by molar-refractivity contribution is 5.31. The average Bonchev–Trinajstić information content (AvgIpc) is 3.16. The quantitative estimate of drug-likeness (QED) is 0.225. The molecule has 0 spiro atoms. The number of aliphatic hydroxyl groups is 1. The Bertz CT molecular complexity index is 1270. The maximum Gasteiger partial charge on any atom is 0.187 e. The van der Waals surface area contributed by atoms with Gasteiger partial charge in [0.05, 0.1) is 39.6 Å². The van der Waals surface area contributed by atoms with Crippen molar-refractivity contribution in [1.82, 2.24) is 0 Å². The van der Waals surface area contributed by atoms with E-state index in [1.54, 1.807) is 0 Å². The van der Waals surface area contributed by atoms with E-state index in [4.69, 9.17) is 23.7 Å². The smallest absolute Gasteiger partial charge is 0.187 e. The second kappa shape index (κ2) is 14.9. The Morgan fingerprint density at radius 2 is 1.23 bits per heavy atom. The van der Waals surface area contributed by atoms with Crippen LogP contribution >= 0.6 is 0 Å². The fourth-order valence-corrected chi connectivity index (χ4v) is 4.73. The van der Waals surface area contributed by atoms with Gasteiger partial charge in [-0.2, -0.15) is 0 Å². The summed E-state index contributed by atoms with van der Waals surface area (Å²) in [6.45, 7) is 1.51. The monoisotopic (exact) mass is 540 g/mol. The van der Waals surface area contributed by atoms with Crippen LogP contribution in [0.4, 0.5) is 0 Å². The SMILES string of the molecule is OCC(COCc1ccccc1)OC1OCc2ccccc2C(OCc2ccccc2)C1OCc1ccccc1. The van der Waals surface area contributed by atoms with Crippen LogP contribution < -0.4 is 0 Å². The first-order valence-corrected chi connectivity index (χ1v) is 13.7. The van der Waals surface area contributed by atoms with E-state index in [1.165, 1.54) is 0 Å². The van der Waals surface area contributed by atoms with Crippen molar-refractivity contribution in [2.24, 2.45) is 0 Å². The molecule has 0 bridgehead atoms. The Balaban J connectivity index is 1.36. The summed E-state index contributed by atoms with van der Waals surface area (Å²) in [4.78, 5) is 0. The zero-order valence-corrected chi connectivity index (χ0v) is 22.5. The highest BCUT2D eigenvalue weighted by Crippen LogP contribution is 2.35. The third-order valence-electron chi connectivity index (χ3n) is 6.83. The Labute approximate surface area is 236 Å². The van der Waals surface area contributed by atoms with E-state index < -0.39 is 24.6 Å². The van der Waals surface area contributed by atoms with E-state index >= 15 is 0 Å². The number of hydrogen-bond donors (Lipinski definition) is 1. The van der Waals surface area contributed by atoms with E-state index in [1.807, 2.05) is 109 Å². The van der Waals surface area contributed by atoms with Crippen molar-refractivity contribution in [3.63, 3.8) is 0 Å². The van der Waals surface area contributed by atoms with Gasteiger partial charge in [0.2, 0.25) is 0 Å². The second-order valence-electron chi connectivity index (χ2n) is 9.80. The minimum Gasteiger partial charge on any atom is -0.394 e. The maximum atomic E-state index is 10.2. The summed E-state index contributed by atoms with van der Waals surface area (Å²) in [6.07, 6.45) is -2.46. The van der Waals surface area contributed by atoms with Gasteiger partial charge in [0.1, 0.15) is 18.3 Å². The number of rotatable bonds is 13. The van der Waals surface area contributed by atoms with Crippen LogP contribution in [0.3, 0.4) is 0 Å². The molecule has 0 radical (unpaired) electrons. The zero-order chi connectivity index (χ0) is 27.4. The Morgan fingerprint density at radius 3 is 1.85 bits per heavy atom. The van der Waals surface area contributed by atoms with Crippen LogP contribution in [0.15, 0.2) is 115 Å². The molecule has 0 fully saturated rings. The van der Waals surface area contributed by atoms with Crippen molar-refractivity contribution in [2.45, 2.75) is 51.0 Å². The van der Waals surface area contributed by atoms with Gasteiger partial charge in [-0.05, 0) is 27.8 Å². The number of benzene rings is 4. The van der Waals surface area contributed by atoms with Crippen LogP contribution in [0.5, 0.6) is 0 Å². The predicted octanol–water partition coefficient (Wildman–Crippen LogP) is 5.98. The molecular weight excluding hydrogens is 504 g/mol. The van der Waals surface area contributed by atoms with Crippen molar-refractivity contribution < 1.29 is 28.8 Å². The van der Waals surface area contributed by atoms with Crippen LogP contribution in [0.1, 0.15) is 33.9 Å². The normalized spacial score (nSPS) is 19.5. The van der Waals surface area contributed by atoms with Crippen molar-refractivity contribution in [3.05, 3.63) is 143 Å². The number of aliphatic hydroxyl groups excluding tert-OH is 1. The molecule has 1 aliphatic rings. The summed E-state index contributed by atoms with van der Waals surface area (Å²) in [5.41, 5.74) is 5.17. The molecular formula is C34H36O6. The topological polar surface area (TPSA) is 66.4 Å². The van der Waals surface area contributed by atoms with Crippen LogP contribution in [0, 0.1) is 0 Å². The third-order valence-corrected chi connectivity index (χ3v) is 6.83. The van der Waals surface area contributed by atoms with E-state index in [0.29, 0.717) is 26.4 Å². The molecule has 0 aromatic heterocycles. The molecule has 0 amide bonds. The summed E-state index contributed by atoms with van der Waals surface area (Å²) in [6, 6.07) is 38.1. The predicted molar refractivity (Wildman–Crippen MR) is 152 cm³/mol. The number of ether oxygens (including phenoxy) is 5. The molecule has 6 nitrogen and oxygen atoms in total. The molecule has 0 saturated carbocycles. The fraction of sp³-hybridized carbons (Fsp3) is 0.294. The lowest BCUT2D eigenvalue weighted by Gasteiger charge is -2.33.